The third-order valence-corrected chi connectivity index (χ3v) is 7.23. The Bertz CT molecular complexity index is 1200. The molecule has 0 atom stereocenters. The molecule has 0 aliphatic carbocycles. The van der Waals surface area contributed by atoms with Crippen LogP contribution in [0.25, 0.3) is 10.6 Å². The normalized spacial score (nSPS) is 14.8. The predicted octanol–water partition coefficient (Wildman–Crippen LogP) is 4.68. The summed E-state index contributed by atoms with van der Waals surface area (Å²) in [6.07, 6.45) is 7.46. The summed E-state index contributed by atoms with van der Waals surface area (Å²) < 4.78 is 7.50. The molecule has 8 heteroatoms. The summed E-state index contributed by atoms with van der Waals surface area (Å²) in [6, 6.07) is 9.73. The van der Waals surface area contributed by atoms with Gasteiger partial charge in [-0.25, -0.2) is 4.98 Å². The highest BCUT2D eigenvalue weighted by Gasteiger charge is 2.28. The van der Waals surface area contributed by atoms with Crippen molar-refractivity contribution in [1.29, 1.82) is 0 Å². The molecule has 1 amide bonds. The summed E-state index contributed by atoms with van der Waals surface area (Å²) in [4.78, 5) is 25.9. The van der Waals surface area contributed by atoms with Gasteiger partial charge in [-0.2, -0.15) is 0 Å². The molecule has 0 unspecified atom stereocenters. The molecule has 5 rings (SSSR count). The lowest BCUT2D eigenvalue weighted by Gasteiger charge is -2.31. The van der Waals surface area contributed by atoms with Crippen molar-refractivity contribution in [3.63, 3.8) is 0 Å². The van der Waals surface area contributed by atoms with Crippen LogP contribution in [0, 0.1) is 13.8 Å². The maximum Gasteiger partial charge on any atom is 0.263 e. The van der Waals surface area contributed by atoms with Gasteiger partial charge in [0.25, 0.3) is 5.91 Å². The van der Waals surface area contributed by atoms with Gasteiger partial charge in [0.05, 0.1) is 27.7 Å². The number of piperidine rings is 1. The van der Waals surface area contributed by atoms with Gasteiger partial charge in [-0.15, -0.1) is 11.3 Å². The van der Waals surface area contributed by atoms with Crippen LogP contribution in [0.3, 0.4) is 0 Å². The molecule has 32 heavy (non-hydrogen) atoms. The van der Waals surface area contributed by atoms with E-state index >= 15 is 0 Å². The summed E-state index contributed by atoms with van der Waals surface area (Å²) in [5.74, 6) is 2.37. The smallest absolute Gasteiger partial charge is 0.263 e. The minimum absolute atomic E-state index is 0.106. The number of carbonyl (C=O) groups excluding carboxylic acids is 1. The van der Waals surface area contributed by atoms with Gasteiger partial charge in [-0.05, 0) is 51.0 Å². The van der Waals surface area contributed by atoms with Crippen LogP contribution in [0.15, 0.2) is 53.4 Å². The first kappa shape index (κ1) is 20.6. The van der Waals surface area contributed by atoms with E-state index in [0.717, 1.165) is 64.2 Å². The zero-order valence-corrected chi connectivity index (χ0v) is 19.0. The van der Waals surface area contributed by atoms with Crippen molar-refractivity contribution in [3.8, 4) is 10.6 Å². The fourth-order valence-corrected chi connectivity index (χ4v) is 5.26. The second-order valence-corrected chi connectivity index (χ2v) is 9.25. The average molecular weight is 448 g/mol. The van der Waals surface area contributed by atoms with Crippen LogP contribution in [-0.2, 0) is 6.54 Å². The molecule has 164 valence electrons. The van der Waals surface area contributed by atoms with Crippen LogP contribution in [0.2, 0.25) is 0 Å². The molecule has 4 aromatic rings. The highest BCUT2D eigenvalue weighted by atomic mass is 32.1. The Morgan fingerprint density at radius 2 is 1.97 bits per heavy atom. The number of hydrogen-bond donors (Lipinski definition) is 0. The second kappa shape index (κ2) is 8.70. The Balaban J connectivity index is 1.24. The maximum absolute atomic E-state index is 13.1. The Morgan fingerprint density at radius 3 is 2.69 bits per heavy atom. The van der Waals surface area contributed by atoms with Gasteiger partial charge in [-0.3, -0.25) is 9.78 Å². The van der Waals surface area contributed by atoms with Crippen molar-refractivity contribution >= 4 is 17.2 Å². The number of aryl methyl sites for hydroxylation is 2. The largest absolute Gasteiger partial charge is 0.361 e. The zero-order chi connectivity index (χ0) is 22.1. The number of pyridine rings is 1. The van der Waals surface area contributed by atoms with Gasteiger partial charge in [-0.1, -0.05) is 11.2 Å². The lowest BCUT2D eigenvalue weighted by molar-refractivity contribution is 0.0715. The van der Waals surface area contributed by atoms with Gasteiger partial charge >= 0.3 is 0 Å². The molecule has 1 aliphatic heterocycles. The van der Waals surface area contributed by atoms with Crippen LogP contribution in [0.5, 0.6) is 0 Å². The SMILES string of the molecule is Cc1noc(C)c1Cn1ccnc1C1CCN(C(=O)c2ccc(-c3ccccn3)s2)CC1. The van der Waals surface area contributed by atoms with Crippen molar-refractivity contribution in [2.45, 2.75) is 39.2 Å². The molecule has 7 nitrogen and oxygen atoms in total. The zero-order valence-electron chi connectivity index (χ0n) is 18.2. The monoisotopic (exact) mass is 447 g/mol. The lowest BCUT2D eigenvalue weighted by atomic mass is 9.95. The first-order chi connectivity index (χ1) is 15.6. The standard InChI is InChI=1S/C24H25N5O2S/c1-16-19(17(2)31-27-16)15-29-14-11-26-23(29)18-8-12-28(13-9-18)24(30)22-7-6-21(32-22)20-5-3-4-10-25-20/h3-7,10-11,14,18H,8-9,12-13,15H2,1-2H3. The van der Waals surface area contributed by atoms with E-state index in [2.05, 4.69) is 19.7 Å². The molecule has 5 heterocycles. The van der Waals surface area contributed by atoms with Crippen LogP contribution in [0.1, 0.15) is 51.3 Å². The summed E-state index contributed by atoms with van der Waals surface area (Å²) in [5, 5.41) is 4.06. The van der Waals surface area contributed by atoms with Gasteiger partial charge in [0, 0.05) is 43.2 Å². The van der Waals surface area contributed by atoms with Crippen LogP contribution in [0.4, 0.5) is 0 Å². The number of likely N-dealkylation sites (tertiary alicyclic amines) is 1. The molecule has 0 saturated carbocycles. The minimum Gasteiger partial charge on any atom is -0.361 e. The van der Waals surface area contributed by atoms with E-state index < -0.39 is 0 Å². The van der Waals surface area contributed by atoms with Crippen molar-refractivity contribution in [1.82, 2.24) is 24.6 Å². The van der Waals surface area contributed by atoms with E-state index in [4.69, 9.17) is 4.52 Å². The summed E-state index contributed by atoms with van der Waals surface area (Å²) in [6.45, 7) is 6.09. The molecule has 0 spiro atoms. The quantitative estimate of drug-likeness (QED) is 0.444. The average Bonchev–Trinajstić information content (AvgIpc) is 3.57. The maximum atomic E-state index is 13.1. The van der Waals surface area contributed by atoms with Gasteiger partial charge in [0.15, 0.2) is 0 Å². The van der Waals surface area contributed by atoms with Crippen molar-refractivity contribution in [2.75, 3.05) is 13.1 Å². The molecule has 1 aliphatic rings. The van der Waals surface area contributed by atoms with E-state index in [0.29, 0.717) is 12.5 Å². The number of amides is 1. The topological polar surface area (TPSA) is 77.0 Å². The number of carbonyl (C=O) groups is 1. The Hall–Kier alpha value is -3.26. The van der Waals surface area contributed by atoms with E-state index in [1.165, 1.54) is 11.3 Å². The third kappa shape index (κ3) is 3.98. The first-order valence-corrected chi connectivity index (χ1v) is 11.6. The van der Waals surface area contributed by atoms with E-state index in [1.54, 1.807) is 6.20 Å². The van der Waals surface area contributed by atoms with Gasteiger partial charge in [0.1, 0.15) is 11.6 Å². The lowest BCUT2D eigenvalue weighted by Crippen LogP contribution is -2.38. The van der Waals surface area contributed by atoms with E-state index in [1.807, 2.05) is 61.5 Å². The van der Waals surface area contributed by atoms with Gasteiger partial charge < -0.3 is 14.0 Å². The number of imidazole rings is 1. The van der Waals surface area contributed by atoms with E-state index in [9.17, 15) is 4.79 Å². The summed E-state index contributed by atoms with van der Waals surface area (Å²) in [7, 11) is 0. The molecule has 0 aromatic carbocycles. The number of thiophene rings is 1. The molecule has 4 aromatic heterocycles. The molecule has 1 saturated heterocycles. The molecule has 0 N–H and O–H groups in total. The fraction of sp³-hybridized carbons (Fsp3) is 0.333. The Labute approximate surface area is 190 Å². The van der Waals surface area contributed by atoms with Crippen LogP contribution >= 0.6 is 11.3 Å². The number of nitrogens with zero attached hydrogens (tertiary/aromatic N) is 5. The second-order valence-electron chi connectivity index (χ2n) is 8.16. The molecule has 1 fully saturated rings. The number of aromatic nitrogens is 4. The highest BCUT2D eigenvalue weighted by molar-refractivity contribution is 7.17. The molecular formula is C24H25N5O2S. The number of rotatable bonds is 5. The highest BCUT2D eigenvalue weighted by Crippen LogP contribution is 2.31. The van der Waals surface area contributed by atoms with Crippen molar-refractivity contribution in [3.05, 3.63) is 76.6 Å². The molecule has 0 radical (unpaired) electrons. The van der Waals surface area contributed by atoms with Crippen LogP contribution < -0.4 is 0 Å². The molecular weight excluding hydrogens is 422 g/mol. The minimum atomic E-state index is 0.106. The van der Waals surface area contributed by atoms with E-state index in [-0.39, 0.29) is 5.91 Å². The first-order valence-electron chi connectivity index (χ1n) is 10.8. The summed E-state index contributed by atoms with van der Waals surface area (Å²) in [5.41, 5.74) is 2.93. The number of hydrogen-bond acceptors (Lipinski definition) is 6. The Morgan fingerprint density at radius 1 is 1.12 bits per heavy atom. The van der Waals surface area contributed by atoms with Crippen molar-refractivity contribution < 1.29 is 9.32 Å². The van der Waals surface area contributed by atoms with Gasteiger partial charge in [0.2, 0.25) is 0 Å². The fourth-order valence-electron chi connectivity index (χ4n) is 4.31. The Kier molecular flexibility index (Phi) is 5.61. The van der Waals surface area contributed by atoms with Crippen LogP contribution in [-0.4, -0.2) is 43.6 Å². The summed E-state index contributed by atoms with van der Waals surface area (Å²) >= 11 is 1.51. The molecule has 0 bridgehead atoms. The predicted molar refractivity (Wildman–Crippen MR) is 123 cm³/mol. The van der Waals surface area contributed by atoms with Crippen molar-refractivity contribution in [2.24, 2.45) is 0 Å². The third-order valence-electron chi connectivity index (χ3n) is 6.14.